The van der Waals surface area contributed by atoms with E-state index in [1.807, 2.05) is 41.8 Å². The van der Waals surface area contributed by atoms with E-state index >= 15 is 8.78 Å². The number of aromatic nitrogens is 7. The van der Waals surface area contributed by atoms with E-state index in [4.69, 9.17) is 9.47 Å². The van der Waals surface area contributed by atoms with E-state index in [2.05, 4.69) is 25.6 Å². The lowest BCUT2D eigenvalue weighted by atomic mass is 10.1. The minimum Gasteiger partial charge on any atom is -0.425 e. The van der Waals surface area contributed by atoms with Crippen LogP contribution in [0.3, 0.4) is 0 Å². The van der Waals surface area contributed by atoms with Gasteiger partial charge in [0, 0.05) is 35.9 Å². The van der Waals surface area contributed by atoms with Crippen LogP contribution in [0.5, 0.6) is 0 Å². The van der Waals surface area contributed by atoms with Gasteiger partial charge in [-0.05, 0) is 41.5 Å². The van der Waals surface area contributed by atoms with E-state index < -0.39 is 47.6 Å². The number of nitrogens with one attached hydrogen (secondary N) is 1. The van der Waals surface area contributed by atoms with Gasteiger partial charge in [-0.1, -0.05) is 58.4 Å². The third kappa shape index (κ3) is 7.03. The first-order chi connectivity index (χ1) is 23.3. The molecule has 0 bridgehead atoms. The minimum atomic E-state index is -6.07. The summed E-state index contributed by atoms with van der Waals surface area (Å²) in [4.78, 5) is 29.5. The maximum Gasteiger partial charge on any atom is 0.459 e. The van der Waals surface area contributed by atoms with Gasteiger partial charge in [-0.25, -0.2) is 9.78 Å². The van der Waals surface area contributed by atoms with Gasteiger partial charge in [-0.15, -0.1) is 10.2 Å². The zero-order chi connectivity index (χ0) is 35.5. The first kappa shape index (κ1) is 35.2. The van der Waals surface area contributed by atoms with Crippen LogP contribution in [-0.2, 0) is 33.2 Å². The van der Waals surface area contributed by atoms with Crippen molar-refractivity contribution in [3.05, 3.63) is 77.5 Å². The molecular formula is C33H34F5N7O4. The Labute approximate surface area is 277 Å². The highest BCUT2D eigenvalue weighted by Gasteiger charge is 2.62. The molecule has 0 aliphatic carbocycles. The van der Waals surface area contributed by atoms with Gasteiger partial charge in [0.05, 0.1) is 17.7 Å². The molecule has 1 unspecified atom stereocenters. The van der Waals surface area contributed by atoms with Gasteiger partial charge < -0.3 is 18.6 Å². The molecule has 0 saturated carbocycles. The van der Waals surface area contributed by atoms with Gasteiger partial charge in [0.2, 0.25) is 12.1 Å². The number of hydrogen-bond acceptors (Lipinski definition) is 8. The Kier molecular flexibility index (Phi) is 10.1. The highest BCUT2D eigenvalue weighted by atomic mass is 19.4. The van der Waals surface area contributed by atoms with Crippen LogP contribution >= 0.6 is 0 Å². The maximum absolute atomic E-state index is 15.2. The van der Waals surface area contributed by atoms with Crippen molar-refractivity contribution >= 4 is 22.8 Å². The molecule has 0 spiro atoms. The quantitative estimate of drug-likeness (QED) is 0.0786. The topological polar surface area (TPSA) is 130 Å². The van der Waals surface area contributed by atoms with Crippen LogP contribution in [0.1, 0.15) is 74.5 Å². The van der Waals surface area contributed by atoms with Gasteiger partial charge in [0.1, 0.15) is 5.82 Å². The fraction of sp³-hybridized carbons (Fsp3) is 0.394. The van der Waals surface area contributed by atoms with Gasteiger partial charge in [-0.2, -0.15) is 27.2 Å². The number of H-pyrrole nitrogens is 1. The lowest BCUT2D eigenvalue weighted by molar-refractivity contribution is -0.291. The summed E-state index contributed by atoms with van der Waals surface area (Å²) in [5, 5.41) is 14.8. The summed E-state index contributed by atoms with van der Waals surface area (Å²) in [6, 6.07) is 14.2. The zero-order valence-electron chi connectivity index (χ0n) is 27.1. The van der Waals surface area contributed by atoms with Crippen molar-refractivity contribution in [1.82, 2.24) is 34.7 Å². The molecular weight excluding hydrogens is 653 g/mol. The summed E-state index contributed by atoms with van der Waals surface area (Å²) >= 11 is 0. The molecule has 0 aliphatic heterocycles. The predicted molar refractivity (Wildman–Crippen MR) is 167 cm³/mol. The molecule has 0 radical (unpaired) electrons. The van der Waals surface area contributed by atoms with Crippen molar-refractivity contribution in [2.75, 3.05) is 0 Å². The number of nitrogens with zero attached hydrogens (tertiary/aromatic N) is 6. The summed E-state index contributed by atoms with van der Waals surface area (Å²) in [5.74, 6) is -8.24. The molecule has 0 saturated heterocycles. The zero-order valence-corrected chi connectivity index (χ0v) is 27.1. The lowest BCUT2D eigenvalue weighted by Crippen LogP contribution is -2.37. The molecule has 5 rings (SSSR count). The first-order valence-electron chi connectivity index (χ1n) is 15.6. The summed E-state index contributed by atoms with van der Waals surface area (Å²) in [6.45, 7) is 6.09. The Bertz CT molecular complexity index is 1930. The number of carbonyl (C=O) groups excluding carboxylic acids is 2. The lowest BCUT2D eigenvalue weighted by Gasteiger charge is -2.23. The van der Waals surface area contributed by atoms with Crippen molar-refractivity contribution in [3.8, 4) is 17.1 Å². The maximum atomic E-state index is 15.2. The largest absolute Gasteiger partial charge is 0.459 e. The predicted octanol–water partition coefficient (Wildman–Crippen LogP) is 7.14. The Balaban J connectivity index is 1.66. The fourth-order valence-corrected chi connectivity index (χ4v) is 5.32. The van der Waals surface area contributed by atoms with Crippen LogP contribution in [0.25, 0.3) is 28.0 Å². The number of unbranched alkanes of at least 4 members (excludes halogenated alkanes) is 1. The number of imidazole rings is 1. The van der Waals surface area contributed by atoms with Crippen molar-refractivity contribution in [3.63, 3.8) is 0 Å². The van der Waals surface area contributed by atoms with Crippen LogP contribution < -0.4 is 0 Å². The average molecular weight is 688 g/mol. The number of alkyl halides is 5. The van der Waals surface area contributed by atoms with Crippen LogP contribution in [0.15, 0.2) is 54.7 Å². The van der Waals surface area contributed by atoms with E-state index in [-0.39, 0.29) is 25.2 Å². The van der Waals surface area contributed by atoms with E-state index in [0.29, 0.717) is 46.4 Å². The molecule has 5 aromatic rings. The first-order valence-corrected chi connectivity index (χ1v) is 15.6. The second-order valence-electron chi connectivity index (χ2n) is 11.6. The van der Waals surface area contributed by atoms with E-state index in [1.54, 1.807) is 24.4 Å². The number of halogens is 5. The highest BCUT2D eigenvalue weighted by molar-refractivity contribution is 5.90. The Morgan fingerprint density at radius 2 is 1.73 bits per heavy atom. The smallest absolute Gasteiger partial charge is 0.425 e. The Hall–Kier alpha value is -5.15. The number of ether oxygens (including phenoxy) is 2. The summed E-state index contributed by atoms with van der Waals surface area (Å²) in [7, 11) is 0. The van der Waals surface area contributed by atoms with Crippen LogP contribution in [0, 0.1) is 5.92 Å². The average Bonchev–Trinajstić information content (AvgIpc) is 3.83. The standard InChI is InChI=1S/C33H34F5N7O4/c1-5-7-15-25-39-28(32(34,35)33(36,37)38)27(30(47)49-31(19(3)4)48-26(46)6-2)45(25)18-20-11-10-14-23-21(20)16-17-44(23)24-13-9-8-12-22(24)29-40-42-43-41-29/h8-14,16-17,19,31H,5-7,15,18H2,1-4H3,(H,40,41,42,43). The monoisotopic (exact) mass is 687 g/mol. The van der Waals surface area contributed by atoms with E-state index in [9.17, 15) is 22.8 Å². The second kappa shape index (κ2) is 14.1. The Morgan fingerprint density at radius 1 is 0.980 bits per heavy atom. The SMILES string of the molecule is CCCCc1nc(C(F)(F)C(F)(F)F)c(C(=O)OC(OC(=O)CC)C(C)C)n1Cc1cccc2c1ccn2-c1ccccc1-c1nn[nH]n1. The third-order valence-corrected chi connectivity index (χ3v) is 7.85. The van der Waals surface area contributed by atoms with Crippen molar-refractivity contribution < 1.29 is 41.0 Å². The van der Waals surface area contributed by atoms with E-state index in [0.717, 1.165) is 4.57 Å². The van der Waals surface area contributed by atoms with Crippen LogP contribution in [-0.4, -0.2) is 59.1 Å². The fourth-order valence-electron chi connectivity index (χ4n) is 5.32. The number of hydrogen-bond donors (Lipinski definition) is 1. The molecule has 260 valence electrons. The number of aryl methyl sites for hydroxylation is 1. The van der Waals surface area contributed by atoms with Crippen molar-refractivity contribution in [2.24, 2.45) is 5.92 Å². The molecule has 16 heteroatoms. The van der Waals surface area contributed by atoms with Crippen molar-refractivity contribution in [2.45, 2.75) is 78.3 Å². The molecule has 0 amide bonds. The number of para-hydroxylation sites is 1. The molecule has 3 heterocycles. The summed E-state index contributed by atoms with van der Waals surface area (Å²) in [6.07, 6.45) is -4.98. The minimum absolute atomic E-state index is 0.00177. The normalized spacial score (nSPS) is 12.9. The second-order valence-corrected chi connectivity index (χ2v) is 11.6. The number of esters is 2. The highest BCUT2D eigenvalue weighted by Crippen LogP contribution is 2.45. The molecule has 49 heavy (non-hydrogen) atoms. The summed E-state index contributed by atoms with van der Waals surface area (Å²) < 4.78 is 85.4. The van der Waals surface area contributed by atoms with Crippen molar-refractivity contribution in [1.29, 1.82) is 0 Å². The van der Waals surface area contributed by atoms with Crippen LogP contribution in [0.2, 0.25) is 0 Å². The number of rotatable bonds is 13. The van der Waals surface area contributed by atoms with Gasteiger partial charge >= 0.3 is 24.0 Å². The third-order valence-electron chi connectivity index (χ3n) is 7.85. The number of carbonyl (C=O) groups is 2. The number of aromatic amines is 1. The van der Waals surface area contributed by atoms with Gasteiger partial charge in [0.25, 0.3) is 0 Å². The molecule has 2 aromatic carbocycles. The molecule has 11 nitrogen and oxygen atoms in total. The Morgan fingerprint density at radius 3 is 2.39 bits per heavy atom. The molecule has 3 aromatic heterocycles. The molecule has 1 atom stereocenters. The molecule has 1 N–H and O–H groups in total. The molecule has 0 fully saturated rings. The van der Waals surface area contributed by atoms with Gasteiger partial charge in [-0.3, -0.25) is 4.79 Å². The number of benzene rings is 2. The number of tetrazole rings is 1. The van der Waals surface area contributed by atoms with E-state index in [1.165, 1.54) is 20.8 Å². The van der Waals surface area contributed by atoms with Crippen LogP contribution in [0.4, 0.5) is 22.0 Å². The molecule has 0 aliphatic rings. The number of fused-ring (bicyclic) bond motifs is 1. The summed E-state index contributed by atoms with van der Waals surface area (Å²) in [5.41, 5.74) is -0.343. The van der Waals surface area contributed by atoms with Gasteiger partial charge in [0.15, 0.2) is 11.4 Å².